The van der Waals surface area contributed by atoms with Crippen LogP contribution in [0.5, 0.6) is 5.88 Å². The highest BCUT2D eigenvalue weighted by Crippen LogP contribution is 2.48. The second kappa shape index (κ2) is 10.4. The number of nitrogen functional groups attached to an aromatic ring is 1. The van der Waals surface area contributed by atoms with E-state index < -0.39 is 51.4 Å². The van der Waals surface area contributed by atoms with Gasteiger partial charge in [0.1, 0.15) is 16.5 Å². The summed E-state index contributed by atoms with van der Waals surface area (Å²) in [5.41, 5.74) is 1.09. The SMILES string of the molecule is CCn1c(SCC2(C(=O)O)CS[C@H]3N(C2)C(=O)C3(NC(=O)C(=NO)c2csc(N)n2)OC)nnc(O)c1=O. The molecule has 2 aliphatic heterocycles. The number of carbonyl (C=O) groups is 3. The molecule has 0 aromatic carbocycles. The summed E-state index contributed by atoms with van der Waals surface area (Å²) in [7, 11) is 1.22. The van der Waals surface area contributed by atoms with Crippen LogP contribution in [0.3, 0.4) is 0 Å². The van der Waals surface area contributed by atoms with Crippen LogP contribution in [-0.2, 0) is 25.7 Å². The largest absolute Gasteiger partial charge is 0.488 e. The molecule has 2 saturated heterocycles. The summed E-state index contributed by atoms with van der Waals surface area (Å²) in [5.74, 6) is -3.61. The fourth-order valence-corrected chi connectivity index (χ4v) is 7.50. The summed E-state index contributed by atoms with van der Waals surface area (Å²) in [5, 5.41) is 42.5. The van der Waals surface area contributed by atoms with Gasteiger partial charge in [0.05, 0.1) is 0 Å². The fourth-order valence-electron chi connectivity index (χ4n) is 4.00. The first-order valence-corrected chi connectivity index (χ1v) is 13.7. The van der Waals surface area contributed by atoms with Crippen LogP contribution in [-0.4, -0.2) is 99.8 Å². The standard InChI is InChI=1S/C19H22N8O8S3/c1-3-26-12(30)11(29)23-24-17(26)38-7-18(15(32)33)5-27-13(31)19(35-2,14(27)37-6-18)22-10(28)9(25-34)8-4-36-16(20)21-8/h4,14,34H,3,5-7H2,1-2H3,(H2,20,21)(H,22,28)(H,23,29)(H,32,33)/t14-,18?,19?/m1/s1. The van der Waals surface area contributed by atoms with Crippen molar-refractivity contribution in [2.75, 3.05) is 30.9 Å². The second-order valence-electron chi connectivity index (χ2n) is 8.24. The lowest BCUT2D eigenvalue weighted by molar-refractivity contribution is -0.199. The van der Waals surface area contributed by atoms with Crippen LogP contribution >= 0.6 is 34.9 Å². The Hall–Kier alpha value is -3.42. The van der Waals surface area contributed by atoms with Gasteiger partial charge in [0.25, 0.3) is 23.4 Å². The third-order valence-electron chi connectivity index (χ3n) is 6.05. The van der Waals surface area contributed by atoms with Crippen molar-refractivity contribution in [2.45, 2.75) is 29.7 Å². The number of amides is 2. The summed E-state index contributed by atoms with van der Waals surface area (Å²) in [6, 6.07) is 0. The molecule has 19 heteroatoms. The number of carboxylic acid groups (broad SMARTS) is 1. The number of aromatic nitrogens is 4. The topological polar surface area (TPSA) is 235 Å². The molecule has 3 atom stereocenters. The first-order valence-electron chi connectivity index (χ1n) is 10.8. The Bertz CT molecular complexity index is 1380. The highest BCUT2D eigenvalue weighted by atomic mass is 32.2. The number of oxime groups is 1. The van der Waals surface area contributed by atoms with Crippen LogP contribution in [0.25, 0.3) is 0 Å². The molecule has 204 valence electrons. The predicted molar refractivity (Wildman–Crippen MR) is 135 cm³/mol. The molecule has 4 heterocycles. The summed E-state index contributed by atoms with van der Waals surface area (Å²) in [4.78, 5) is 55.8. The van der Waals surface area contributed by atoms with Crippen LogP contribution in [0.15, 0.2) is 20.5 Å². The van der Waals surface area contributed by atoms with Gasteiger partial charge in [0.15, 0.2) is 16.0 Å². The van der Waals surface area contributed by atoms with Crippen molar-refractivity contribution in [3.8, 4) is 5.88 Å². The molecule has 6 N–H and O–H groups in total. The van der Waals surface area contributed by atoms with Gasteiger partial charge >= 0.3 is 11.5 Å². The molecule has 38 heavy (non-hydrogen) atoms. The first kappa shape index (κ1) is 27.6. The Labute approximate surface area is 226 Å². The number of aromatic hydroxyl groups is 1. The number of carboxylic acids is 1. The van der Waals surface area contributed by atoms with Gasteiger partial charge in [0.2, 0.25) is 0 Å². The number of nitrogens with one attached hydrogen (secondary N) is 1. The number of hydrogen-bond donors (Lipinski definition) is 5. The van der Waals surface area contributed by atoms with E-state index in [1.807, 2.05) is 0 Å². The van der Waals surface area contributed by atoms with E-state index in [9.17, 15) is 34.6 Å². The van der Waals surface area contributed by atoms with E-state index in [0.717, 1.165) is 39.4 Å². The predicted octanol–water partition coefficient (Wildman–Crippen LogP) is -1.18. The molecule has 0 spiro atoms. The zero-order chi connectivity index (χ0) is 27.8. The summed E-state index contributed by atoms with van der Waals surface area (Å²) < 4.78 is 6.58. The monoisotopic (exact) mass is 586 g/mol. The highest BCUT2D eigenvalue weighted by Gasteiger charge is 2.67. The minimum atomic E-state index is -1.83. The molecule has 4 rings (SSSR count). The Morgan fingerprint density at radius 2 is 2.13 bits per heavy atom. The van der Waals surface area contributed by atoms with Gasteiger partial charge < -0.3 is 36.1 Å². The van der Waals surface area contributed by atoms with E-state index in [-0.39, 0.29) is 40.6 Å². The number of rotatable bonds is 9. The van der Waals surface area contributed by atoms with Gasteiger partial charge in [0, 0.05) is 37.1 Å². The molecule has 2 amide bonds. The summed E-state index contributed by atoms with van der Waals surface area (Å²) in [6.07, 6.45) is 0. The average Bonchev–Trinajstić information content (AvgIpc) is 3.33. The van der Waals surface area contributed by atoms with E-state index in [0.29, 0.717) is 0 Å². The molecule has 16 nitrogen and oxygen atoms in total. The molecular formula is C19H22N8O8S3. The molecule has 0 aliphatic carbocycles. The maximum absolute atomic E-state index is 13.2. The number of fused-ring (bicyclic) bond motifs is 1. The Morgan fingerprint density at radius 1 is 1.39 bits per heavy atom. The maximum Gasteiger partial charge on any atom is 0.316 e. The lowest BCUT2D eigenvalue weighted by Crippen LogP contribution is -2.83. The second-order valence-corrected chi connectivity index (χ2v) is 11.1. The normalized spacial score (nSPS) is 25.0. The fraction of sp³-hybridized carbons (Fsp3) is 0.474. The van der Waals surface area contributed by atoms with E-state index in [1.54, 1.807) is 6.92 Å². The van der Waals surface area contributed by atoms with E-state index >= 15 is 0 Å². The number of nitrogens with two attached hydrogens (primary N) is 1. The maximum atomic E-state index is 13.2. The van der Waals surface area contributed by atoms with Crippen LogP contribution in [0.2, 0.25) is 0 Å². The van der Waals surface area contributed by atoms with Gasteiger partial charge in [-0.05, 0) is 6.92 Å². The first-order chi connectivity index (χ1) is 18.0. The van der Waals surface area contributed by atoms with Crippen LogP contribution in [0.4, 0.5) is 5.13 Å². The quantitative estimate of drug-likeness (QED) is 0.0581. The van der Waals surface area contributed by atoms with Crippen molar-refractivity contribution >= 4 is 63.5 Å². The van der Waals surface area contributed by atoms with Gasteiger partial charge in [-0.3, -0.25) is 23.7 Å². The van der Waals surface area contributed by atoms with E-state index in [2.05, 4.69) is 25.7 Å². The minimum absolute atomic E-state index is 0.00322. The number of ether oxygens (including phenoxy) is 1. The van der Waals surface area contributed by atoms with Crippen molar-refractivity contribution in [2.24, 2.45) is 10.6 Å². The number of nitrogens with zero attached hydrogens (tertiary/aromatic N) is 6. The van der Waals surface area contributed by atoms with Crippen LogP contribution < -0.4 is 16.6 Å². The molecule has 2 aromatic rings. The highest BCUT2D eigenvalue weighted by molar-refractivity contribution is 8.00. The van der Waals surface area contributed by atoms with E-state index in [1.165, 1.54) is 17.4 Å². The molecular weight excluding hydrogens is 564 g/mol. The Balaban J connectivity index is 1.52. The summed E-state index contributed by atoms with van der Waals surface area (Å²) >= 11 is 3.07. The third kappa shape index (κ3) is 4.44. The molecule has 0 bridgehead atoms. The van der Waals surface area contributed by atoms with Crippen molar-refractivity contribution in [1.82, 2.24) is 30.0 Å². The van der Waals surface area contributed by atoms with Crippen LogP contribution in [0, 0.1) is 5.41 Å². The Kier molecular flexibility index (Phi) is 7.55. The zero-order valence-corrected chi connectivity index (χ0v) is 22.3. The molecule has 0 saturated carbocycles. The number of aliphatic carboxylic acids is 1. The van der Waals surface area contributed by atoms with Gasteiger partial charge in [-0.1, -0.05) is 16.9 Å². The smallest absolute Gasteiger partial charge is 0.316 e. The van der Waals surface area contributed by atoms with Crippen LogP contribution in [0.1, 0.15) is 12.6 Å². The third-order valence-corrected chi connectivity index (χ3v) is 9.60. The number of β-lactam (4-membered cyclic amide) rings is 1. The zero-order valence-electron chi connectivity index (χ0n) is 19.9. The molecule has 0 radical (unpaired) electrons. The van der Waals surface area contributed by atoms with E-state index in [4.69, 9.17) is 10.5 Å². The number of thioether (sulfide) groups is 2. The van der Waals surface area contributed by atoms with Crippen molar-refractivity contribution < 1.29 is 34.5 Å². The summed E-state index contributed by atoms with van der Waals surface area (Å²) in [6.45, 7) is 1.63. The molecule has 2 aliphatic rings. The lowest BCUT2D eigenvalue weighted by atomic mass is 9.88. The molecule has 2 aromatic heterocycles. The van der Waals surface area contributed by atoms with Gasteiger partial charge in [-0.25, -0.2) is 4.98 Å². The number of methoxy groups -OCH3 is 1. The Morgan fingerprint density at radius 3 is 2.71 bits per heavy atom. The number of carbonyl (C=O) groups excluding carboxylic acids is 2. The average molecular weight is 587 g/mol. The van der Waals surface area contributed by atoms with Crippen molar-refractivity contribution in [3.05, 3.63) is 21.4 Å². The minimum Gasteiger partial charge on any atom is -0.488 e. The molecule has 2 fully saturated rings. The van der Waals surface area contributed by atoms with Gasteiger partial charge in [-0.15, -0.1) is 33.3 Å². The van der Waals surface area contributed by atoms with Crippen molar-refractivity contribution in [1.29, 1.82) is 0 Å². The van der Waals surface area contributed by atoms with Gasteiger partial charge in [-0.2, -0.15) is 0 Å². The number of thiazole rings is 1. The van der Waals surface area contributed by atoms with Crippen molar-refractivity contribution in [3.63, 3.8) is 0 Å². The number of anilines is 1. The lowest BCUT2D eigenvalue weighted by Gasteiger charge is -2.58. The number of hydrogen-bond acceptors (Lipinski definition) is 15. The molecule has 2 unspecified atom stereocenters.